The van der Waals surface area contributed by atoms with Crippen LogP contribution in [0.4, 0.5) is 0 Å². The summed E-state index contributed by atoms with van der Waals surface area (Å²) in [5, 5.41) is 18.0. The van der Waals surface area contributed by atoms with Gasteiger partial charge in [-0.2, -0.15) is 0 Å². The Kier molecular flexibility index (Phi) is 5.77. The lowest BCUT2D eigenvalue weighted by Crippen LogP contribution is -2.36. The second kappa shape index (κ2) is 6.86. The van der Waals surface area contributed by atoms with Crippen LogP contribution in [0.15, 0.2) is 0 Å². The molecule has 0 aromatic rings. The Bertz CT molecular complexity index is 214. The average molecular weight is 229 g/mol. The minimum Gasteiger partial charge on any atom is -0.481 e. The van der Waals surface area contributed by atoms with Gasteiger partial charge < -0.3 is 15.9 Å². The summed E-state index contributed by atoms with van der Waals surface area (Å²) in [6, 6.07) is -0.391. The van der Waals surface area contributed by atoms with Crippen LogP contribution in [0.25, 0.3) is 0 Å². The first-order valence-electron chi connectivity index (χ1n) is 6.25. The first-order valence-corrected chi connectivity index (χ1v) is 6.25. The molecule has 2 unspecified atom stereocenters. The third kappa shape index (κ3) is 4.94. The molecule has 1 fully saturated rings. The fraction of sp³-hybridized carbons (Fsp3) is 0.917. The summed E-state index contributed by atoms with van der Waals surface area (Å²) in [4.78, 5) is 10.4. The van der Waals surface area contributed by atoms with Crippen LogP contribution in [0, 0.1) is 5.92 Å². The lowest BCUT2D eigenvalue weighted by Gasteiger charge is -2.24. The Morgan fingerprint density at radius 3 is 2.50 bits per heavy atom. The van der Waals surface area contributed by atoms with Crippen LogP contribution in [-0.4, -0.2) is 28.3 Å². The van der Waals surface area contributed by atoms with Gasteiger partial charge in [-0.25, -0.2) is 0 Å². The molecule has 1 aliphatic carbocycles. The molecule has 94 valence electrons. The lowest BCUT2D eigenvalue weighted by atomic mass is 9.84. The van der Waals surface area contributed by atoms with Crippen LogP contribution in [-0.2, 0) is 4.79 Å². The van der Waals surface area contributed by atoms with Gasteiger partial charge in [-0.15, -0.1) is 0 Å². The van der Waals surface area contributed by atoms with E-state index in [9.17, 15) is 9.90 Å². The van der Waals surface area contributed by atoms with Gasteiger partial charge in [-0.1, -0.05) is 32.1 Å². The second-order valence-corrected chi connectivity index (χ2v) is 4.91. The number of aliphatic hydroxyl groups is 1. The van der Waals surface area contributed by atoms with Gasteiger partial charge in [0.05, 0.1) is 12.5 Å². The molecule has 0 bridgehead atoms. The zero-order chi connectivity index (χ0) is 12.0. The number of aliphatic hydroxyl groups excluding tert-OH is 1. The lowest BCUT2D eigenvalue weighted by molar-refractivity contribution is -0.139. The van der Waals surface area contributed by atoms with Crippen LogP contribution in [0.5, 0.6) is 0 Å². The Morgan fingerprint density at radius 2 is 1.94 bits per heavy atom. The van der Waals surface area contributed by atoms with Crippen molar-refractivity contribution in [2.45, 2.75) is 63.5 Å². The number of aliphatic carboxylic acids is 1. The summed E-state index contributed by atoms with van der Waals surface area (Å²) < 4.78 is 0. The molecule has 0 aromatic carbocycles. The number of hydrogen-bond acceptors (Lipinski definition) is 3. The molecule has 0 aromatic heterocycles. The minimum atomic E-state index is -0.986. The molecule has 0 amide bonds. The highest BCUT2D eigenvalue weighted by Crippen LogP contribution is 2.27. The molecule has 1 aliphatic rings. The predicted octanol–water partition coefficient (Wildman–Crippen LogP) is 1.51. The summed E-state index contributed by atoms with van der Waals surface area (Å²) in [7, 11) is 0. The van der Waals surface area contributed by atoms with E-state index in [0.29, 0.717) is 0 Å². The van der Waals surface area contributed by atoms with Gasteiger partial charge in [0.15, 0.2) is 0 Å². The Labute approximate surface area is 96.8 Å². The number of carbonyl (C=O) groups is 1. The quantitative estimate of drug-likeness (QED) is 0.644. The van der Waals surface area contributed by atoms with Gasteiger partial charge in [-0.3, -0.25) is 4.79 Å². The summed E-state index contributed by atoms with van der Waals surface area (Å²) in [5.41, 5.74) is 5.77. The maximum atomic E-state index is 10.4. The SMILES string of the molecule is NC(CCC1CCCCC1)C(O)CC(=O)O. The highest BCUT2D eigenvalue weighted by atomic mass is 16.4. The van der Waals surface area contributed by atoms with Crippen molar-refractivity contribution >= 4 is 5.97 Å². The second-order valence-electron chi connectivity index (χ2n) is 4.91. The average Bonchev–Trinajstić information content (AvgIpc) is 2.26. The third-order valence-electron chi connectivity index (χ3n) is 3.51. The van der Waals surface area contributed by atoms with Gasteiger partial charge >= 0.3 is 5.97 Å². The highest BCUT2D eigenvalue weighted by molar-refractivity contribution is 5.67. The van der Waals surface area contributed by atoms with E-state index in [0.717, 1.165) is 18.8 Å². The maximum Gasteiger partial charge on any atom is 0.306 e. The first-order chi connectivity index (χ1) is 7.59. The van der Waals surface area contributed by atoms with E-state index < -0.39 is 18.1 Å². The molecule has 2 atom stereocenters. The van der Waals surface area contributed by atoms with E-state index in [2.05, 4.69) is 0 Å². The molecule has 4 nitrogen and oxygen atoms in total. The zero-order valence-electron chi connectivity index (χ0n) is 9.77. The van der Waals surface area contributed by atoms with E-state index in [1.165, 1.54) is 32.1 Å². The monoisotopic (exact) mass is 229 g/mol. The van der Waals surface area contributed by atoms with Gasteiger partial charge in [0.25, 0.3) is 0 Å². The summed E-state index contributed by atoms with van der Waals surface area (Å²) in [6.45, 7) is 0. The van der Waals surface area contributed by atoms with E-state index >= 15 is 0 Å². The van der Waals surface area contributed by atoms with Crippen molar-refractivity contribution < 1.29 is 15.0 Å². The van der Waals surface area contributed by atoms with Gasteiger partial charge in [0.2, 0.25) is 0 Å². The Hall–Kier alpha value is -0.610. The smallest absolute Gasteiger partial charge is 0.306 e. The molecule has 16 heavy (non-hydrogen) atoms. The molecule has 4 N–H and O–H groups in total. The van der Waals surface area contributed by atoms with Crippen LogP contribution in [0.2, 0.25) is 0 Å². The van der Waals surface area contributed by atoms with Gasteiger partial charge in [0.1, 0.15) is 0 Å². The van der Waals surface area contributed by atoms with Crippen molar-refractivity contribution in [2.75, 3.05) is 0 Å². The molecular weight excluding hydrogens is 206 g/mol. The topological polar surface area (TPSA) is 83.5 Å². The van der Waals surface area contributed by atoms with Crippen molar-refractivity contribution in [2.24, 2.45) is 11.7 Å². The normalized spacial score (nSPS) is 21.6. The largest absolute Gasteiger partial charge is 0.481 e. The number of nitrogens with two attached hydrogens (primary N) is 1. The summed E-state index contributed by atoms with van der Waals surface area (Å²) in [6.07, 6.45) is 7.09. The number of rotatable bonds is 6. The molecule has 0 heterocycles. The number of carboxylic acid groups (broad SMARTS) is 1. The standard InChI is InChI=1S/C12H23NO3/c13-10(11(14)8-12(15)16)7-6-9-4-2-1-3-5-9/h9-11,14H,1-8,13H2,(H,15,16). The van der Waals surface area contributed by atoms with Crippen molar-refractivity contribution in [1.82, 2.24) is 0 Å². The Morgan fingerprint density at radius 1 is 1.31 bits per heavy atom. The van der Waals surface area contributed by atoms with Gasteiger partial charge in [0, 0.05) is 6.04 Å². The van der Waals surface area contributed by atoms with E-state index in [4.69, 9.17) is 10.8 Å². The maximum absolute atomic E-state index is 10.4. The van der Waals surface area contributed by atoms with E-state index in [-0.39, 0.29) is 6.42 Å². The van der Waals surface area contributed by atoms with Crippen molar-refractivity contribution in [3.63, 3.8) is 0 Å². The molecule has 0 spiro atoms. The van der Waals surface area contributed by atoms with Gasteiger partial charge in [-0.05, 0) is 18.8 Å². The van der Waals surface area contributed by atoms with Crippen LogP contribution >= 0.6 is 0 Å². The van der Waals surface area contributed by atoms with E-state index in [1.54, 1.807) is 0 Å². The van der Waals surface area contributed by atoms with E-state index in [1.807, 2.05) is 0 Å². The molecule has 0 saturated heterocycles. The van der Waals surface area contributed by atoms with Crippen LogP contribution in [0.1, 0.15) is 51.4 Å². The highest BCUT2D eigenvalue weighted by Gasteiger charge is 2.20. The van der Waals surface area contributed by atoms with Crippen molar-refractivity contribution in [3.8, 4) is 0 Å². The fourth-order valence-corrected chi connectivity index (χ4v) is 2.43. The third-order valence-corrected chi connectivity index (χ3v) is 3.51. The number of hydrogen-bond donors (Lipinski definition) is 3. The molecule has 0 aliphatic heterocycles. The predicted molar refractivity (Wildman–Crippen MR) is 62.0 cm³/mol. The van der Waals surface area contributed by atoms with Crippen LogP contribution in [0.3, 0.4) is 0 Å². The van der Waals surface area contributed by atoms with Crippen molar-refractivity contribution in [3.05, 3.63) is 0 Å². The summed E-state index contributed by atoms with van der Waals surface area (Å²) >= 11 is 0. The minimum absolute atomic E-state index is 0.244. The molecule has 0 radical (unpaired) electrons. The molecule has 1 saturated carbocycles. The first kappa shape index (κ1) is 13.5. The van der Waals surface area contributed by atoms with Crippen LogP contribution < -0.4 is 5.73 Å². The van der Waals surface area contributed by atoms with Crippen molar-refractivity contribution in [1.29, 1.82) is 0 Å². The molecule has 1 rings (SSSR count). The molecule has 4 heteroatoms. The Balaban J connectivity index is 2.17. The fourth-order valence-electron chi connectivity index (χ4n) is 2.43. The molecular formula is C12H23NO3. The number of carboxylic acids is 1. The zero-order valence-corrected chi connectivity index (χ0v) is 9.77. The summed E-state index contributed by atoms with van der Waals surface area (Å²) in [5.74, 6) is -0.252.